The molecule has 3 N–H and O–H groups in total. The number of urea groups is 1. The van der Waals surface area contributed by atoms with Gasteiger partial charge in [-0.15, -0.1) is 0 Å². The highest BCUT2D eigenvalue weighted by atomic mass is 35.5. The van der Waals surface area contributed by atoms with Crippen molar-refractivity contribution in [2.24, 2.45) is 0 Å². The zero-order valence-electron chi connectivity index (χ0n) is 14.1. The Morgan fingerprint density at radius 2 is 1.96 bits per heavy atom. The first-order valence-corrected chi connectivity index (χ1v) is 8.80. The van der Waals surface area contributed by atoms with Crippen LogP contribution in [0.3, 0.4) is 0 Å². The van der Waals surface area contributed by atoms with Crippen molar-refractivity contribution in [3.63, 3.8) is 0 Å². The second-order valence-corrected chi connectivity index (χ2v) is 6.39. The van der Waals surface area contributed by atoms with Crippen molar-refractivity contribution in [2.45, 2.75) is 25.5 Å². The Kier molecular flexibility index (Phi) is 6.09. The number of ether oxygens (including phenoxy) is 1. The molecule has 1 aliphatic rings. The van der Waals surface area contributed by atoms with E-state index in [1.54, 1.807) is 30.3 Å². The molecule has 0 unspecified atom stereocenters. The number of halogens is 1. The van der Waals surface area contributed by atoms with Crippen LogP contribution in [0.2, 0.25) is 5.02 Å². The molecule has 0 aliphatic carbocycles. The Morgan fingerprint density at radius 1 is 1.12 bits per heavy atom. The Morgan fingerprint density at radius 3 is 2.73 bits per heavy atom. The molecule has 0 aromatic heterocycles. The number of para-hydroxylation sites is 1. The van der Waals surface area contributed by atoms with Crippen molar-refractivity contribution in [1.29, 1.82) is 0 Å². The van der Waals surface area contributed by atoms with E-state index in [4.69, 9.17) is 16.3 Å². The van der Waals surface area contributed by atoms with Crippen LogP contribution in [-0.4, -0.2) is 24.6 Å². The van der Waals surface area contributed by atoms with E-state index in [1.807, 2.05) is 18.2 Å². The molecule has 1 atom stereocenters. The van der Waals surface area contributed by atoms with Crippen LogP contribution in [0.1, 0.15) is 18.4 Å². The van der Waals surface area contributed by atoms with E-state index in [0.29, 0.717) is 29.5 Å². The number of nitrogens with one attached hydrogen (secondary N) is 3. The Balaban J connectivity index is 1.52. The van der Waals surface area contributed by atoms with Gasteiger partial charge in [-0.2, -0.15) is 0 Å². The van der Waals surface area contributed by atoms with Crippen molar-refractivity contribution >= 4 is 34.9 Å². The van der Waals surface area contributed by atoms with E-state index in [2.05, 4.69) is 16.0 Å². The maximum atomic E-state index is 12.1. The van der Waals surface area contributed by atoms with Crippen LogP contribution in [0.4, 0.5) is 16.2 Å². The van der Waals surface area contributed by atoms with Gasteiger partial charge in [-0.3, -0.25) is 4.79 Å². The van der Waals surface area contributed by atoms with Gasteiger partial charge in [-0.1, -0.05) is 35.9 Å². The third-order valence-electron chi connectivity index (χ3n) is 3.99. The molecule has 0 saturated carbocycles. The molecular weight excluding hydrogens is 354 g/mol. The van der Waals surface area contributed by atoms with Gasteiger partial charge >= 0.3 is 6.03 Å². The number of carbonyl (C=O) groups excluding carboxylic acids is 2. The molecule has 136 valence electrons. The zero-order chi connectivity index (χ0) is 18.4. The van der Waals surface area contributed by atoms with Crippen molar-refractivity contribution in [3.8, 4) is 0 Å². The van der Waals surface area contributed by atoms with Gasteiger partial charge < -0.3 is 20.7 Å². The maximum absolute atomic E-state index is 12.1. The van der Waals surface area contributed by atoms with Gasteiger partial charge in [-0.25, -0.2) is 4.79 Å². The summed E-state index contributed by atoms with van der Waals surface area (Å²) in [5.74, 6) is -0.135. The number of hydrogen-bond donors (Lipinski definition) is 3. The lowest BCUT2D eigenvalue weighted by molar-refractivity contribution is -0.124. The molecule has 0 bridgehead atoms. The molecule has 26 heavy (non-hydrogen) atoms. The highest BCUT2D eigenvalue weighted by Gasteiger charge is 2.23. The monoisotopic (exact) mass is 373 g/mol. The molecule has 2 aromatic carbocycles. The van der Waals surface area contributed by atoms with Crippen LogP contribution in [0, 0.1) is 0 Å². The minimum absolute atomic E-state index is 0.135. The van der Waals surface area contributed by atoms with Crippen LogP contribution in [0.25, 0.3) is 0 Å². The Hall–Kier alpha value is -2.57. The van der Waals surface area contributed by atoms with Gasteiger partial charge in [0.1, 0.15) is 6.10 Å². The molecule has 0 radical (unpaired) electrons. The predicted molar refractivity (Wildman–Crippen MR) is 101 cm³/mol. The molecule has 6 nitrogen and oxygen atoms in total. The quantitative estimate of drug-likeness (QED) is 0.746. The summed E-state index contributed by atoms with van der Waals surface area (Å²) < 4.78 is 5.37. The fourth-order valence-electron chi connectivity index (χ4n) is 2.68. The van der Waals surface area contributed by atoms with E-state index in [1.165, 1.54) is 0 Å². The number of amides is 3. The van der Waals surface area contributed by atoms with Crippen molar-refractivity contribution in [1.82, 2.24) is 5.32 Å². The normalized spacial score (nSPS) is 16.1. The van der Waals surface area contributed by atoms with E-state index < -0.39 is 0 Å². The molecule has 1 fully saturated rings. The number of anilines is 2. The van der Waals surface area contributed by atoms with Crippen molar-refractivity contribution < 1.29 is 14.3 Å². The average molecular weight is 374 g/mol. The largest absolute Gasteiger partial charge is 0.368 e. The van der Waals surface area contributed by atoms with Crippen LogP contribution >= 0.6 is 11.6 Å². The lowest BCUT2D eigenvalue weighted by Gasteiger charge is -2.12. The third-order valence-corrected chi connectivity index (χ3v) is 4.32. The molecule has 0 spiro atoms. The van der Waals surface area contributed by atoms with Crippen molar-refractivity contribution in [2.75, 3.05) is 17.2 Å². The van der Waals surface area contributed by atoms with Gasteiger partial charge in [0.2, 0.25) is 0 Å². The van der Waals surface area contributed by atoms with Crippen LogP contribution in [0.5, 0.6) is 0 Å². The SMILES string of the molecule is O=C(NCc1cccc(NC(=O)[C@@H]2CCCO2)c1)Nc1ccccc1Cl. The summed E-state index contributed by atoms with van der Waals surface area (Å²) in [6.07, 6.45) is 1.27. The molecule has 2 aromatic rings. The number of benzene rings is 2. The second kappa shape index (κ2) is 8.69. The number of hydrogen-bond acceptors (Lipinski definition) is 3. The first-order chi connectivity index (χ1) is 12.6. The van der Waals surface area contributed by atoms with Crippen LogP contribution in [-0.2, 0) is 16.1 Å². The average Bonchev–Trinajstić information content (AvgIpc) is 3.17. The summed E-state index contributed by atoms with van der Waals surface area (Å²) >= 11 is 6.02. The maximum Gasteiger partial charge on any atom is 0.319 e. The van der Waals surface area contributed by atoms with Crippen LogP contribution in [0.15, 0.2) is 48.5 Å². The van der Waals surface area contributed by atoms with E-state index >= 15 is 0 Å². The minimum Gasteiger partial charge on any atom is -0.368 e. The lowest BCUT2D eigenvalue weighted by Crippen LogP contribution is -2.28. The first-order valence-electron chi connectivity index (χ1n) is 8.42. The molecule has 7 heteroatoms. The van der Waals surface area contributed by atoms with Crippen LogP contribution < -0.4 is 16.0 Å². The molecular formula is C19H20ClN3O3. The summed E-state index contributed by atoms with van der Waals surface area (Å²) in [5.41, 5.74) is 2.09. The molecule has 1 aliphatic heterocycles. The lowest BCUT2D eigenvalue weighted by atomic mass is 10.2. The van der Waals surface area contributed by atoms with E-state index in [-0.39, 0.29) is 18.0 Å². The summed E-state index contributed by atoms with van der Waals surface area (Å²) in [7, 11) is 0. The highest BCUT2D eigenvalue weighted by molar-refractivity contribution is 6.33. The number of carbonyl (C=O) groups is 2. The molecule has 1 heterocycles. The second-order valence-electron chi connectivity index (χ2n) is 5.98. The van der Waals surface area contributed by atoms with Gasteiger partial charge in [0.25, 0.3) is 5.91 Å². The van der Waals surface area contributed by atoms with Gasteiger partial charge in [0.05, 0.1) is 10.7 Å². The minimum atomic E-state index is -0.377. The summed E-state index contributed by atoms with van der Waals surface area (Å²) in [6, 6.07) is 14.0. The van der Waals surface area contributed by atoms with Gasteiger partial charge in [0.15, 0.2) is 0 Å². The zero-order valence-corrected chi connectivity index (χ0v) is 14.9. The Labute approximate surface area is 156 Å². The highest BCUT2D eigenvalue weighted by Crippen LogP contribution is 2.20. The topological polar surface area (TPSA) is 79.5 Å². The number of rotatable bonds is 5. The van der Waals surface area contributed by atoms with Gasteiger partial charge in [0, 0.05) is 18.8 Å². The summed E-state index contributed by atoms with van der Waals surface area (Å²) in [6.45, 7) is 0.947. The molecule has 3 amide bonds. The molecule has 3 rings (SSSR count). The first kappa shape index (κ1) is 18.2. The smallest absolute Gasteiger partial charge is 0.319 e. The standard InChI is InChI=1S/C19H20ClN3O3/c20-15-7-1-2-8-16(15)23-19(25)21-12-13-5-3-6-14(11-13)22-18(24)17-9-4-10-26-17/h1-3,5-8,11,17H,4,9-10,12H2,(H,22,24)(H2,21,23,25)/t17-/m0/s1. The summed E-state index contributed by atoms with van der Waals surface area (Å²) in [4.78, 5) is 24.1. The fourth-order valence-corrected chi connectivity index (χ4v) is 2.86. The fraction of sp³-hybridized carbons (Fsp3) is 0.263. The predicted octanol–water partition coefficient (Wildman–Crippen LogP) is 3.78. The summed E-state index contributed by atoms with van der Waals surface area (Å²) in [5, 5.41) is 8.78. The van der Waals surface area contributed by atoms with Gasteiger partial charge in [-0.05, 0) is 42.7 Å². The molecule has 1 saturated heterocycles. The van der Waals surface area contributed by atoms with E-state index in [0.717, 1.165) is 18.4 Å². The Bertz CT molecular complexity index is 791. The van der Waals surface area contributed by atoms with Crippen molar-refractivity contribution in [3.05, 3.63) is 59.1 Å². The third kappa shape index (κ3) is 4.97. The van der Waals surface area contributed by atoms with E-state index in [9.17, 15) is 9.59 Å².